The minimum absolute atomic E-state index is 0.341. The third-order valence-electron chi connectivity index (χ3n) is 3.76. The number of hydrogen-bond donors (Lipinski definition) is 2. The molecule has 0 atom stereocenters. The Morgan fingerprint density at radius 3 is 2.76 bits per heavy atom. The van der Waals surface area contributed by atoms with Gasteiger partial charge in [-0.05, 0) is 24.6 Å². The molecule has 25 heavy (non-hydrogen) atoms. The molecule has 2 N–H and O–H groups in total. The second kappa shape index (κ2) is 7.44. The monoisotopic (exact) mass is 334 g/mol. The quantitative estimate of drug-likeness (QED) is 0.556. The van der Waals surface area contributed by atoms with Crippen LogP contribution in [0, 0.1) is 6.92 Å². The van der Waals surface area contributed by atoms with Crippen molar-refractivity contribution in [2.75, 3.05) is 7.11 Å². The lowest BCUT2D eigenvalue weighted by Gasteiger charge is -2.01. The number of nitrogens with zero attached hydrogens (tertiary/aromatic N) is 2. The van der Waals surface area contributed by atoms with Crippen LogP contribution < -0.4 is 10.2 Å². The topological polar surface area (TPSA) is 79.4 Å². The number of H-pyrrole nitrogens is 1. The van der Waals surface area contributed by atoms with Crippen LogP contribution in [0.25, 0.3) is 11.3 Å². The third-order valence-corrected chi connectivity index (χ3v) is 3.76. The van der Waals surface area contributed by atoms with Gasteiger partial charge in [0.05, 0.1) is 19.0 Å². The van der Waals surface area contributed by atoms with Gasteiger partial charge >= 0.3 is 0 Å². The Morgan fingerprint density at radius 2 is 2.00 bits per heavy atom. The van der Waals surface area contributed by atoms with Crippen molar-refractivity contribution in [2.24, 2.45) is 5.10 Å². The molecule has 0 bridgehead atoms. The van der Waals surface area contributed by atoms with E-state index in [1.54, 1.807) is 13.3 Å². The summed E-state index contributed by atoms with van der Waals surface area (Å²) in [4.78, 5) is 12.3. The van der Waals surface area contributed by atoms with E-state index in [9.17, 15) is 4.79 Å². The first kappa shape index (κ1) is 16.4. The average Bonchev–Trinajstić information content (AvgIpc) is 3.04. The zero-order valence-corrected chi connectivity index (χ0v) is 14.0. The lowest BCUT2D eigenvalue weighted by molar-refractivity contribution is 0.0949. The van der Waals surface area contributed by atoms with E-state index in [-0.39, 0.29) is 5.91 Å². The maximum Gasteiger partial charge on any atom is 0.289 e. The summed E-state index contributed by atoms with van der Waals surface area (Å²) in [6, 6.07) is 17.1. The molecule has 0 radical (unpaired) electrons. The highest BCUT2D eigenvalue weighted by Crippen LogP contribution is 2.22. The molecule has 1 amide bonds. The Morgan fingerprint density at radius 1 is 1.20 bits per heavy atom. The van der Waals surface area contributed by atoms with Crippen LogP contribution in [0.5, 0.6) is 5.75 Å². The fourth-order valence-corrected chi connectivity index (χ4v) is 2.44. The molecule has 6 heteroatoms. The molecule has 126 valence electrons. The van der Waals surface area contributed by atoms with E-state index in [4.69, 9.17) is 4.74 Å². The smallest absolute Gasteiger partial charge is 0.289 e. The molecule has 0 aliphatic rings. The number of hydrazone groups is 1. The third kappa shape index (κ3) is 3.74. The summed E-state index contributed by atoms with van der Waals surface area (Å²) in [5.74, 6) is 0.388. The molecule has 6 nitrogen and oxygen atoms in total. The summed E-state index contributed by atoms with van der Waals surface area (Å²) >= 11 is 0. The van der Waals surface area contributed by atoms with Crippen LogP contribution in [0.15, 0.2) is 59.7 Å². The van der Waals surface area contributed by atoms with Crippen molar-refractivity contribution in [3.8, 4) is 17.0 Å². The van der Waals surface area contributed by atoms with E-state index in [2.05, 4.69) is 20.7 Å². The second-order valence-electron chi connectivity index (χ2n) is 5.41. The Kier molecular flexibility index (Phi) is 4.89. The zero-order chi connectivity index (χ0) is 17.6. The van der Waals surface area contributed by atoms with E-state index in [0.29, 0.717) is 5.69 Å². The molecule has 0 saturated heterocycles. The number of hydrogen-bond acceptors (Lipinski definition) is 4. The minimum Gasteiger partial charge on any atom is -0.497 e. The van der Waals surface area contributed by atoms with Gasteiger partial charge in [-0.25, -0.2) is 5.43 Å². The number of benzene rings is 2. The standard InChI is InChI=1S/C19H18N4O2/c1-13-17(15-8-4-3-5-9-15)21-22-18(13)19(24)23-20-12-14-7-6-10-16(11-14)25-2/h3-12H,1-2H3,(H,21,22)(H,23,24)/b20-12+. The fourth-order valence-electron chi connectivity index (χ4n) is 2.44. The number of aromatic amines is 1. The minimum atomic E-state index is -0.341. The average molecular weight is 334 g/mol. The van der Waals surface area contributed by atoms with E-state index >= 15 is 0 Å². The molecule has 2 aromatic carbocycles. The Hall–Kier alpha value is -3.41. The van der Waals surface area contributed by atoms with Gasteiger partial charge in [-0.1, -0.05) is 42.5 Å². The summed E-state index contributed by atoms with van der Waals surface area (Å²) in [6.07, 6.45) is 1.56. The van der Waals surface area contributed by atoms with Gasteiger partial charge in [-0.2, -0.15) is 10.2 Å². The molecule has 1 heterocycles. The largest absolute Gasteiger partial charge is 0.497 e. The first-order valence-electron chi connectivity index (χ1n) is 7.77. The van der Waals surface area contributed by atoms with Crippen LogP contribution in [0.1, 0.15) is 21.6 Å². The summed E-state index contributed by atoms with van der Waals surface area (Å²) in [7, 11) is 1.60. The van der Waals surface area contributed by atoms with E-state index < -0.39 is 0 Å². The second-order valence-corrected chi connectivity index (χ2v) is 5.41. The van der Waals surface area contributed by atoms with Crippen LogP contribution in [0.3, 0.4) is 0 Å². The fraction of sp³-hybridized carbons (Fsp3) is 0.105. The maximum atomic E-state index is 12.3. The SMILES string of the molecule is COc1cccc(/C=N/NC(=O)c2[nH]nc(-c3ccccc3)c2C)c1. The van der Waals surface area contributed by atoms with Gasteiger partial charge < -0.3 is 4.74 Å². The van der Waals surface area contributed by atoms with Gasteiger partial charge in [0, 0.05) is 11.1 Å². The molecule has 0 spiro atoms. The van der Waals surface area contributed by atoms with E-state index in [1.807, 2.05) is 61.5 Å². The first-order chi connectivity index (χ1) is 12.2. The lowest BCUT2D eigenvalue weighted by atomic mass is 10.1. The predicted molar refractivity (Wildman–Crippen MR) is 96.8 cm³/mol. The van der Waals surface area contributed by atoms with Crippen molar-refractivity contribution in [2.45, 2.75) is 6.92 Å². The van der Waals surface area contributed by atoms with Crippen LogP contribution in [0.2, 0.25) is 0 Å². The highest BCUT2D eigenvalue weighted by atomic mass is 16.5. The van der Waals surface area contributed by atoms with Crippen LogP contribution in [-0.4, -0.2) is 29.4 Å². The van der Waals surface area contributed by atoms with Crippen molar-refractivity contribution in [1.29, 1.82) is 0 Å². The number of amides is 1. The van der Waals surface area contributed by atoms with Crippen molar-refractivity contribution < 1.29 is 9.53 Å². The molecule has 0 unspecified atom stereocenters. The molecule has 0 fully saturated rings. The highest BCUT2D eigenvalue weighted by molar-refractivity contribution is 5.96. The summed E-state index contributed by atoms with van der Waals surface area (Å²) < 4.78 is 5.15. The van der Waals surface area contributed by atoms with Crippen molar-refractivity contribution in [3.05, 3.63) is 71.4 Å². The van der Waals surface area contributed by atoms with Gasteiger partial charge in [0.25, 0.3) is 5.91 Å². The molecule has 0 aliphatic carbocycles. The molecular formula is C19H18N4O2. The Labute approximate surface area is 145 Å². The van der Waals surface area contributed by atoms with Crippen molar-refractivity contribution in [3.63, 3.8) is 0 Å². The zero-order valence-electron chi connectivity index (χ0n) is 14.0. The maximum absolute atomic E-state index is 12.3. The number of aromatic nitrogens is 2. The van der Waals surface area contributed by atoms with Gasteiger partial charge in [0.2, 0.25) is 0 Å². The normalized spacial score (nSPS) is 10.8. The van der Waals surface area contributed by atoms with E-state index in [0.717, 1.165) is 28.1 Å². The number of carbonyl (C=O) groups excluding carboxylic acids is 1. The van der Waals surface area contributed by atoms with Gasteiger partial charge in [0.15, 0.2) is 0 Å². The van der Waals surface area contributed by atoms with Gasteiger partial charge in [-0.15, -0.1) is 0 Å². The summed E-state index contributed by atoms with van der Waals surface area (Å²) in [5.41, 5.74) is 6.21. The number of nitrogens with one attached hydrogen (secondary N) is 2. The van der Waals surface area contributed by atoms with Crippen molar-refractivity contribution in [1.82, 2.24) is 15.6 Å². The number of methoxy groups -OCH3 is 1. The molecule has 0 aliphatic heterocycles. The van der Waals surface area contributed by atoms with Gasteiger partial charge in [-0.3, -0.25) is 9.89 Å². The molecular weight excluding hydrogens is 316 g/mol. The summed E-state index contributed by atoms with van der Waals surface area (Å²) in [5, 5.41) is 11.0. The van der Waals surface area contributed by atoms with Crippen molar-refractivity contribution >= 4 is 12.1 Å². The van der Waals surface area contributed by atoms with E-state index in [1.165, 1.54) is 0 Å². The molecule has 1 aromatic heterocycles. The molecule has 0 saturated carbocycles. The number of carbonyl (C=O) groups is 1. The highest BCUT2D eigenvalue weighted by Gasteiger charge is 2.16. The Bertz CT molecular complexity index is 901. The molecule has 3 rings (SSSR count). The lowest BCUT2D eigenvalue weighted by Crippen LogP contribution is -2.19. The van der Waals surface area contributed by atoms with Crippen LogP contribution >= 0.6 is 0 Å². The first-order valence-corrected chi connectivity index (χ1v) is 7.77. The van der Waals surface area contributed by atoms with Crippen LogP contribution in [-0.2, 0) is 0 Å². The number of rotatable bonds is 5. The van der Waals surface area contributed by atoms with Gasteiger partial charge in [0.1, 0.15) is 11.4 Å². The molecule has 3 aromatic rings. The Balaban J connectivity index is 1.72. The number of ether oxygens (including phenoxy) is 1. The van der Waals surface area contributed by atoms with Crippen LogP contribution in [0.4, 0.5) is 0 Å². The summed E-state index contributed by atoms with van der Waals surface area (Å²) in [6.45, 7) is 1.85. The predicted octanol–water partition coefficient (Wildman–Crippen LogP) is 3.16.